The van der Waals surface area contributed by atoms with E-state index in [1.807, 2.05) is 109 Å². The van der Waals surface area contributed by atoms with E-state index in [9.17, 15) is 19.2 Å². The Morgan fingerprint density at radius 3 is 0.658 bits per heavy atom. The first-order valence-corrected chi connectivity index (χ1v) is 25.1. The summed E-state index contributed by atoms with van der Waals surface area (Å²) >= 11 is 0. The van der Waals surface area contributed by atoms with Crippen molar-refractivity contribution in [3.8, 4) is 45.6 Å². The van der Waals surface area contributed by atoms with Crippen molar-refractivity contribution in [2.45, 2.75) is 90.9 Å². The van der Waals surface area contributed by atoms with Crippen LogP contribution in [0.5, 0.6) is 34.5 Å². The van der Waals surface area contributed by atoms with Crippen LogP contribution < -0.4 is 28.4 Å². The molecule has 0 amide bonds. The summed E-state index contributed by atoms with van der Waals surface area (Å²) in [7, 11) is 0. The van der Waals surface area contributed by atoms with Gasteiger partial charge >= 0.3 is 24.2 Å². The fourth-order valence-corrected chi connectivity index (χ4v) is 8.49. The third kappa shape index (κ3) is 13.1. The molecule has 8 aromatic carbocycles. The van der Waals surface area contributed by atoms with Crippen molar-refractivity contribution in [3.63, 3.8) is 0 Å². The highest BCUT2D eigenvalue weighted by Gasteiger charge is 2.26. The van der Waals surface area contributed by atoms with Gasteiger partial charge < -0.3 is 28.4 Å². The maximum Gasteiger partial charge on any atom is 0.519 e. The molecule has 10 nitrogen and oxygen atoms in total. The molecule has 0 bridgehead atoms. The molecule has 386 valence electrons. The molecule has 0 aromatic heterocycles. The summed E-state index contributed by atoms with van der Waals surface area (Å²) in [6.45, 7) is 21.0. The van der Waals surface area contributed by atoms with Gasteiger partial charge in [-0.1, -0.05) is 166 Å². The molecule has 0 N–H and O–H groups in total. The largest absolute Gasteiger partial charge is 0.519 e. The second-order valence-electron chi connectivity index (χ2n) is 21.7. The number of carbonyl (C=O) groups is 4. The minimum atomic E-state index is -0.874. The maximum absolute atomic E-state index is 13.2. The quantitative estimate of drug-likeness (QED) is 0.0626. The van der Waals surface area contributed by atoms with Crippen molar-refractivity contribution in [1.82, 2.24) is 0 Å². The molecule has 0 saturated carbocycles. The van der Waals surface area contributed by atoms with Gasteiger partial charge in [0.1, 0.15) is 34.5 Å². The Kier molecular flexibility index (Phi) is 15.5. The molecular formula is C66H62O10. The Balaban J connectivity index is 0.789. The maximum atomic E-state index is 13.2. The first-order valence-electron chi connectivity index (χ1n) is 25.1. The van der Waals surface area contributed by atoms with E-state index in [2.05, 4.69) is 69.2 Å². The number of hydrogen-bond donors (Lipinski definition) is 0. The van der Waals surface area contributed by atoms with Crippen molar-refractivity contribution >= 4 is 24.2 Å². The van der Waals surface area contributed by atoms with Crippen LogP contribution in [0.2, 0.25) is 0 Å². The van der Waals surface area contributed by atoms with Gasteiger partial charge in [0.2, 0.25) is 0 Å². The average molecular weight is 1020 g/mol. The molecule has 76 heavy (non-hydrogen) atoms. The van der Waals surface area contributed by atoms with E-state index in [0.29, 0.717) is 45.6 Å². The topological polar surface area (TPSA) is 124 Å². The van der Waals surface area contributed by atoms with Crippen LogP contribution in [0, 0.1) is 0 Å². The lowest BCUT2D eigenvalue weighted by atomic mass is 9.78. The second kappa shape index (κ2) is 22.0. The number of ether oxygens (including phenoxy) is 6. The lowest BCUT2D eigenvalue weighted by molar-refractivity contribution is 0.0725. The van der Waals surface area contributed by atoms with Crippen LogP contribution in [0.1, 0.15) is 123 Å². The first-order chi connectivity index (χ1) is 36.0. The zero-order valence-electron chi connectivity index (χ0n) is 44.6. The summed E-state index contributed by atoms with van der Waals surface area (Å²) in [6, 6.07) is 58.2. The minimum Gasteiger partial charge on any atom is -0.423 e. The van der Waals surface area contributed by atoms with Gasteiger partial charge in [-0.25, -0.2) is 19.2 Å². The summed E-state index contributed by atoms with van der Waals surface area (Å²) in [5.74, 6) is 1.35. The minimum absolute atomic E-state index is 0.00131. The van der Waals surface area contributed by atoms with E-state index >= 15 is 0 Å². The normalized spacial score (nSPS) is 11.8. The number of hydrogen-bond acceptors (Lipinski definition) is 10. The van der Waals surface area contributed by atoms with Crippen molar-refractivity contribution in [1.29, 1.82) is 0 Å². The molecule has 0 saturated heterocycles. The Morgan fingerprint density at radius 2 is 0.447 bits per heavy atom. The molecule has 0 aliphatic heterocycles. The molecule has 8 rings (SSSR count). The summed E-state index contributed by atoms with van der Waals surface area (Å²) in [6.07, 6.45) is -1.70. The molecule has 0 radical (unpaired) electrons. The number of benzene rings is 8. The van der Waals surface area contributed by atoms with E-state index in [1.165, 1.54) is 0 Å². The van der Waals surface area contributed by atoms with Gasteiger partial charge in [-0.15, -0.1) is 0 Å². The standard InChI is InChI=1S/C66H62O10/c1-63(2,3)47-19-31-53(32-20-47)71-59(67)45-15-11-43(12-16-45)44-13-17-46(18-14-44)60(68)72-54-35-23-49(24-36-54)65(7,8)50-25-37-57(38-26-50)75-62(70)76-58-41-29-52(30-42-58)66(9,10)51-27-39-56(40-28-51)74-61(69)73-55-33-21-48(22-34-55)64(4,5)6/h11-42H,1-10H3. The van der Waals surface area contributed by atoms with Crippen molar-refractivity contribution in [2.24, 2.45) is 0 Å². The van der Waals surface area contributed by atoms with Crippen LogP contribution in [0.4, 0.5) is 9.59 Å². The smallest absolute Gasteiger partial charge is 0.423 e. The Morgan fingerprint density at radius 1 is 0.250 bits per heavy atom. The number of carbonyl (C=O) groups excluding carboxylic acids is 4. The van der Waals surface area contributed by atoms with Crippen LogP contribution in [-0.2, 0) is 21.7 Å². The monoisotopic (exact) mass is 1010 g/mol. The third-order valence-corrected chi connectivity index (χ3v) is 13.5. The molecule has 0 heterocycles. The first kappa shape index (κ1) is 53.5. The van der Waals surface area contributed by atoms with Crippen LogP contribution in [0.25, 0.3) is 11.1 Å². The van der Waals surface area contributed by atoms with E-state index in [-0.39, 0.29) is 10.8 Å². The van der Waals surface area contributed by atoms with E-state index in [1.54, 1.807) is 84.9 Å². The Bertz CT molecular complexity index is 3300. The highest BCUT2D eigenvalue weighted by atomic mass is 16.7. The van der Waals surface area contributed by atoms with Gasteiger partial charge in [0.05, 0.1) is 11.1 Å². The van der Waals surface area contributed by atoms with Crippen LogP contribution in [0.3, 0.4) is 0 Å². The summed E-state index contributed by atoms with van der Waals surface area (Å²) < 4.78 is 33.2. The lowest BCUT2D eigenvalue weighted by Crippen LogP contribution is -2.19. The molecule has 10 heteroatoms. The van der Waals surface area contributed by atoms with Crippen molar-refractivity contribution in [3.05, 3.63) is 239 Å². The molecule has 0 aliphatic rings. The van der Waals surface area contributed by atoms with E-state index in [4.69, 9.17) is 28.4 Å². The molecule has 0 spiro atoms. The highest BCUT2D eigenvalue weighted by molar-refractivity contribution is 5.93. The van der Waals surface area contributed by atoms with Gasteiger partial charge in [0, 0.05) is 10.8 Å². The Labute approximate surface area is 445 Å². The second-order valence-corrected chi connectivity index (χ2v) is 21.7. The summed E-state index contributed by atoms with van der Waals surface area (Å²) in [5.41, 5.74) is 7.85. The SMILES string of the molecule is CC(C)(C)c1ccc(OC(=O)Oc2ccc(C(C)(C)c3ccc(OC(=O)Oc4ccc(C(C)(C)c5ccc(OC(=O)c6ccc(-c7ccc(C(=O)Oc8ccc(C(C)(C)C)cc8)cc7)cc6)cc5)cc4)cc3)cc2)cc1. The molecule has 0 unspecified atom stereocenters. The average Bonchev–Trinajstić information content (AvgIpc) is 3.39. The molecule has 0 atom stereocenters. The molecule has 0 fully saturated rings. The Hall–Kier alpha value is -8.76. The van der Waals surface area contributed by atoms with E-state index in [0.717, 1.165) is 44.5 Å². The van der Waals surface area contributed by atoms with Crippen LogP contribution >= 0.6 is 0 Å². The third-order valence-electron chi connectivity index (χ3n) is 13.5. The van der Waals surface area contributed by atoms with Gasteiger partial charge in [0.25, 0.3) is 0 Å². The van der Waals surface area contributed by atoms with Crippen molar-refractivity contribution < 1.29 is 47.6 Å². The van der Waals surface area contributed by atoms with E-state index < -0.39 is 35.1 Å². The zero-order valence-corrected chi connectivity index (χ0v) is 44.6. The molecule has 8 aromatic rings. The molecular weight excluding hydrogens is 953 g/mol. The van der Waals surface area contributed by atoms with Gasteiger partial charge in [0.15, 0.2) is 0 Å². The number of rotatable bonds is 13. The molecule has 0 aliphatic carbocycles. The van der Waals surface area contributed by atoms with Crippen LogP contribution in [-0.4, -0.2) is 24.2 Å². The predicted octanol–water partition coefficient (Wildman–Crippen LogP) is 16.2. The number of esters is 2. The van der Waals surface area contributed by atoms with Crippen molar-refractivity contribution in [2.75, 3.05) is 0 Å². The summed E-state index contributed by atoms with van der Waals surface area (Å²) in [4.78, 5) is 51.4. The fraction of sp³-hybridized carbons (Fsp3) is 0.212. The predicted molar refractivity (Wildman–Crippen MR) is 295 cm³/mol. The lowest BCUT2D eigenvalue weighted by Gasteiger charge is -2.26. The van der Waals surface area contributed by atoms with Gasteiger partial charge in [-0.3, -0.25) is 0 Å². The zero-order chi connectivity index (χ0) is 54.4. The summed E-state index contributed by atoms with van der Waals surface area (Å²) in [5, 5.41) is 0. The fourth-order valence-electron chi connectivity index (χ4n) is 8.49. The van der Waals surface area contributed by atoms with Crippen LogP contribution in [0.15, 0.2) is 194 Å². The highest BCUT2D eigenvalue weighted by Crippen LogP contribution is 2.36. The van der Waals surface area contributed by atoms with Gasteiger partial charge in [-0.2, -0.15) is 0 Å². The van der Waals surface area contributed by atoms with Gasteiger partial charge in [-0.05, 0) is 152 Å².